The van der Waals surface area contributed by atoms with E-state index in [9.17, 15) is 9.59 Å². The van der Waals surface area contributed by atoms with E-state index in [1.165, 1.54) is 29.5 Å². The Balaban J connectivity index is 2.07. The molecular weight excluding hydrogens is 310 g/mol. The van der Waals surface area contributed by atoms with E-state index in [0.29, 0.717) is 5.69 Å². The van der Waals surface area contributed by atoms with Gasteiger partial charge in [-0.2, -0.15) is 0 Å². The number of nitrogens with one attached hydrogen (secondary N) is 1. The molecule has 0 aromatic heterocycles. The van der Waals surface area contributed by atoms with Crippen molar-refractivity contribution in [1.82, 2.24) is 0 Å². The predicted octanol–water partition coefficient (Wildman–Crippen LogP) is 4.12. The average Bonchev–Trinajstić information content (AvgIpc) is 2.51. The Labute approximate surface area is 139 Å². The number of hydrogen-bond acceptors (Lipinski definition) is 3. The lowest BCUT2D eigenvalue weighted by Crippen LogP contribution is -2.23. The van der Waals surface area contributed by atoms with Crippen LogP contribution in [0.15, 0.2) is 47.4 Å². The maximum absolute atomic E-state index is 12.3. The highest BCUT2D eigenvalue weighted by molar-refractivity contribution is 8.00. The third-order valence-corrected chi connectivity index (χ3v) is 4.56. The molecule has 23 heavy (non-hydrogen) atoms. The third kappa shape index (κ3) is 4.60. The van der Waals surface area contributed by atoms with Crippen LogP contribution in [0.5, 0.6) is 0 Å². The number of aromatic carboxylic acids is 1. The van der Waals surface area contributed by atoms with Crippen molar-refractivity contribution >= 4 is 29.3 Å². The zero-order valence-corrected chi connectivity index (χ0v) is 14.1. The fraction of sp³-hybridized carbons (Fsp3) is 0.222. The van der Waals surface area contributed by atoms with Gasteiger partial charge in [-0.1, -0.05) is 23.8 Å². The zero-order chi connectivity index (χ0) is 17.0. The molecule has 0 heterocycles. The van der Waals surface area contributed by atoms with Crippen LogP contribution in [0.2, 0.25) is 0 Å². The number of rotatable bonds is 5. The van der Waals surface area contributed by atoms with Crippen LogP contribution in [-0.4, -0.2) is 22.2 Å². The summed E-state index contributed by atoms with van der Waals surface area (Å²) in [5.41, 5.74) is 2.69. The SMILES string of the molecule is Cc1ccc(S[C@@H](C)C(=O)Nc2cc(C(=O)O)ccc2C)cc1. The van der Waals surface area contributed by atoms with E-state index in [2.05, 4.69) is 5.32 Å². The molecule has 0 aliphatic carbocycles. The highest BCUT2D eigenvalue weighted by Gasteiger charge is 2.16. The van der Waals surface area contributed by atoms with Gasteiger partial charge < -0.3 is 10.4 Å². The first kappa shape index (κ1) is 17.1. The normalized spacial score (nSPS) is 11.8. The zero-order valence-electron chi connectivity index (χ0n) is 13.3. The van der Waals surface area contributed by atoms with Crippen molar-refractivity contribution in [2.24, 2.45) is 0 Å². The number of carbonyl (C=O) groups excluding carboxylic acids is 1. The van der Waals surface area contributed by atoms with Crippen LogP contribution in [-0.2, 0) is 4.79 Å². The third-order valence-electron chi connectivity index (χ3n) is 3.45. The monoisotopic (exact) mass is 329 g/mol. The van der Waals surface area contributed by atoms with Gasteiger partial charge in [-0.15, -0.1) is 11.8 Å². The van der Waals surface area contributed by atoms with E-state index >= 15 is 0 Å². The molecule has 0 spiro atoms. The first-order valence-corrected chi connectivity index (χ1v) is 8.13. The fourth-order valence-electron chi connectivity index (χ4n) is 2.00. The average molecular weight is 329 g/mol. The highest BCUT2D eigenvalue weighted by Crippen LogP contribution is 2.25. The van der Waals surface area contributed by atoms with Crippen molar-refractivity contribution in [2.75, 3.05) is 5.32 Å². The van der Waals surface area contributed by atoms with Crippen molar-refractivity contribution in [2.45, 2.75) is 30.9 Å². The summed E-state index contributed by atoms with van der Waals surface area (Å²) in [5, 5.41) is 11.6. The minimum atomic E-state index is -1.01. The second kappa shape index (κ2) is 7.33. The van der Waals surface area contributed by atoms with E-state index in [-0.39, 0.29) is 16.7 Å². The van der Waals surface area contributed by atoms with E-state index in [4.69, 9.17) is 5.11 Å². The van der Waals surface area contributed by atoms with Crippen molar-refractivity contribution in [1.29, 1.82) is 0 Å². The lowest BCUT2D eigenvalue weighted by Gasteiger charge is -2.14. The van der Waals surface area contributed by atoms with Gasteiger partial charge in [0.05, 0.1) is 10.8 Å². The van der Waals surface area contributed by atoms with Gasteiger partial charge in [0.25, 0.3) is 0 Å². The number of thioether (sulfide) groups is 1. The maximum Gasteiger partial charge on any atom is 0.335 e. The van der Waals surface area contributed by atoms with Crippen LogP contribution in [0, 0.1) is 13.8 Å². The molecular formula is C18H19NO3S. The molecule has 2 aromatic rings. The lowest BCUT2D eigenvalue weighted by molar-refractivity contribution is -0.115. The number of carbonyl (C=O) groups is 2. The van der Waals surface area contributed by atoms with E-state index in [1.54, 1.807) is 6.07 Å². The van der Waals surface area contributed by atoms with E-state index in [1.807, 2.05) is 45.0 Å². The molecule has 0 aliphatic heterocycles. The molecule has 0 saturated carbocycles. The van der Waals surface area contributed by atoms with Crippen molar-refractivity contribution in [3.63, 3.8) is 0 Å². The van der Waals surface area contributed by atoms with Gasteiger partial charge in [0.15, 0.2) is 0 Å². The van der Waals surface area contributed by atoms with Crippen LogP contribution in [0.1, 0.15) is 28.4 Å². The first-order valence-electron chi connectivity index (χ1n) is 7.25. The molecule has 4 nitrogen and oxygen atoms in total. The van der Waals surface area contributed by atoms with Gasteiger partial charge in [-0.25, -0.2) is 4.79 Å². The minimum Gasteiger partial charge on any atom is -0.478 e. The summed E-state index contributed by atoms with van der Waals surface area (Å²) in [7, 11) is 0. The number of amides is 1. The molecule has 0 unspecified atom stereocenters. The Kier molecular flexibility index (Phi) is 5.45. The topological polar surface area (TPSA) is 66.4 Å². The Morgan fingerprint density at radius 2 is 1.74 bits per heavy atom. The van der Waals surface area contributed by atoms with Crippen LogP contribution in [0.3, 0.4) is 0 Å². The summed E-state index contributed by atoms with van der Waals surface area (Å²) in [6.07, 6.45) is 0. The van der Waals surface area contributed by atoms with Crippen molar-refractivity contribution < 1.29 is 14.7 Å². The highest BCUT2D eigenvalue weighted by atomic mass is 32.2. The molecule has 0 aliphatic rings. The maximum atomic E-state index is 12.3. The summed E-state index contributed by atoms with van der Waals surface area (Å²) in [6.45, 7) is 5.68. The largest absolute Gasteiger partial charge is 0.478 e. The smallest absolute Gasteiger partial charge is 0.335 e. The Hall–Kier alpha value is -2.27. The number of hydrogen-bond donors (Lipinski definition) is 2. The number of aryl methyl sites for hydroxylation is 2. The molecule has 0 fully saturated rings. The summed E-state index contributed by atoms with van der Waals surface area (Å²) < 4.78 is 0. The summed E-state index contributed by atoms with van der Waals surface area (Å²) in [6, 6.07) is 12.7. The Bertz CT molecular complexity index is 726. The molecule has 2 rings (SSSR count). The predicted molar refractivity (Wildman–Crippen MR) is 93.3 cm³/mol. The van der Waals surface area contributed by atoms with Gasteiger partial charge in [0.1, 0.15) is 0 Å². The fourth-order valence-corrected chi connectivity index (χ4v) is 2.87. The summed E-state index contributed by atoms with van der Waals surface area (Å²) in [5.74, 6) is -1.16. The molecule has 120 valence electrons. The van der Waals surface area contributed by atoms with E-state index < -0.39 is 5.97 Å². The van der Waals surface area contributed by atoms with Gasteiger partial charge in [-0.3, -0.25) is 4.79 Å². The van der Waals surface area contributed by atoms with Gasteiger partial charge in [0.2, 0.25) is 5.91 Å². The lowest BCUT2D eigenvalue weighted by atomic mass is 10.1. The van der Waals surface area contributed by atoms with Crippen LogP contribution >= 0.6 is 11.8 Å². The molecule has 2 N–H and O–H groups in total. The van der Waals surface area contributed by atoms with Crippen molar-refractivity contribution in [3.8, 4) is 0 Å². The second-order valence-electron chi connectivity index (χ2n) is 5.40. The van der Waals surface area contributed by atoms with Gasteiger partial charge in [0, 0.05) is 10.6 Å². The minimum absolute atomic E-state index is 0.152. The molecule has 0 radical (unpaired) electrons. The summed E-state index contributed by atoms with van der Waals surface area (Å²) >= 11 is 1.47. The molecule has 0 bridgehead atoms. The second-order valence-corrected chi connectivity index (χ2v) is 6.81. The molecule has 2 aromatic carbocycles. The van der Waals surface area contributed by atoms with Crippen molar-refractivity contribution in [3.05, 3.63) is 59.2 Å². The van der Waals surface area contributed by atoms with Crippen LogP contribution in [0.4, 0.5) is 5.69 Å². The number of carboxylic acid groups (broad SMARTS) is 1. The Morgan fingerprint density at radius 1 is 1.09 bits per heavy atom. The quantitative estimate of drug-likeness (QED) is 0.810. The number of carboxylic acids is 1. The standard InChI is InChI=1S/C18H19NO3S/c1-11-4-8-15(9-5-11)23-13(3)17(20)19-16-10-14(18(21)22)7-6-12(16)2/h4-10,13H,1-3H3,(H,19,20)(H,21,22)/t13-/m0/s1. The van der Waals surface area contributed by atoms with Gasteiger partial charge >= 0.3 is 5.97 Å². The van der Waals surface area contributed by atoms with Gasteiger partial charge in [-0.05, 0) is 50.6 Å². The number of benzene rings is 2. The van der Waals surface area contributed by atoms with Crippen LogP contribution in [0.25, 0.3) is 0 Å². The molecule has 5 heteroatoms. The Morgan fingerprint density at radius 3 is 2.35 bits per heavy atom. The van der Waals surface area contributed by atoms with E-state index in [0.717, 1.165) is 10.5 Å². The summed E-state index contributed by atoms with van der Waals surface area (Å²) in [4.78, 5) is 24.4. The number of anilines is 1. The molecule has 1 atom stereocenters. The molecule has 1 amide bonds. The molecule has 0 saturated heterocycles. The van der Waals surface area contributed by atoms with Crippen LogP contribution < -0.4 is 5.32 Å². The first-order chi connectivity index (χ1) is 10.9.